The molecular weight excluding hydrogens is 307 g/mol. The molecule has 2 N–H and O–H groups in total. The molecule has 0 heterocycles. The van der Waals surface area contributed by atoms with Gasteiger partial charge in [-0.3, -0.25) is 4.79 Å². The van der Waals surface area contributed by atoms with Gasteiger partial charge in [0.05, 0.1) is 5.56 Å². The van der Waals surface area contributed by atoms with Crippen molar-refractivity contribution in [2.75, 3.05) is 7.11 Å². The quantitative estimate of drug-likeness (QED) is 0.932. The fourth-order valence-corrected chi connectivity index (χ4v) is 2.19. The number of methoxy groups -OCH3 is 1. The first-order chi connectivity index (χ1) is 10.7. The molecule has 0 aliphatic carbocycles. The van der Waals surface area contributed by atoms with Gasteiger partial charge in [0.25, 0.3) is 5.91 Å². The van der Waals surface area contributed by atoms with Gasteiger partial charge in [0, 0.05) is 7.11 Å². The highest BCUT2D eigenvalue weighted by molar-refractivity contribution is 5.84. The second-order valence-corrected chi connectivity index (χ2v) is 5.25. The van der Waals surface area contributed by atoms with E-state index in [9.17, 15) is 18.0 Å². The first-order valence-corrected chi connectivity index (χ1v) is 6.81. The van der Waals surface area contributed by atoms with Crippen molar-refractivity contribution in [1.82, 2.24) is 0 Å². The molecule has 0 saturated heterocycles. The van der Waals surface area contributed by atoms with Crippen LogP contribution in [0.1, 0.15) is 18.1 Å². The van der Waals surface area contributed by atoms with Crippen LogP contribution in [0.5, 0.6) is 0 Å². The molecule has 23 heavy (non-hydrogen) atoms. The summed E-state index contributed by atoms with van der Waals surface area (Å²) in [5.74, 6) is -0.623. The van der Waals surface area contributed by atoms with Crippen LogP contribution < -0.4 is 5.73 Å². The van der Waals surface area contributed by atoms with Gasteiger partial charge in [0.2, 0.25) is 0 Å². The van der Waals surface area contributed by atoms with Crippen molar-refractivity contribution in [3.63, 3.8) is 0 Å². The van der Waals surface area contributed by atoms with Gasteiger partial charge >= 0.3 is 6.18 Å². The number of amides is 1. The fourth-order valence-electron chi connectivity index (χ4n) is 2.19. The lowest BCUT2D eigenvalue weighted by Crippen LogP contribution is -2.40. The fraction of sp³-hybridized carbons (Fsp3) is 0.235. The van der Waals surface area contributed by atoms with Gasteiger partial charge < -0.3 is 10.5 Å². The van der Waals surface area contributed by atoms with Crippen molar-refractivity contribution in [1.29, 1.82) is 0 Å². The summed E-state index contributed by atoms with van der Waals surface area (Å²) in [5.41, 5.74) is 5.34. The predicted octanol–water partition coefficient (Wildman–Crippen LogP) is 3.72. The van der Waals surface area contributed by atoms with Crippen molar-refractivity contribution in [3.05, 3.63) is 59.7 Å². The third-order valence-corrected chi connectivity index (χ3v) is 3.86. The number of nitrogens with two attached hydrogens (primary N) is 1. The van der Waals surface area contributed by atoms with E-state index in [0.717, 1.165) is 17.7 Å². The zero-order valence-electron chi connectivity index (χ0n) is 12.6. The summed E-state index contributed by atoms with van der Waals surface area (Å²) in [5, 5.41) is 0. The minimum Gasteiger partial charge on any atom is -0.367 e. The van der Waals surface area contributed by atoms with E-state index in [1.54, 1.807) is 31.2 Å². The van der Waals surface area contributed by atoms with Crippen LogP contribution in [-0.4, -0.2) is 13.0 Å². The van der Waals surface area contributed by atoms with Crippen LogP contribution in [0.3, 0.4) is 0 Å². The highest BCUT2D eigenvalue weighted by Gasteiger charge is 2.33. The molecule has 0 spiro atoms. The van der Waals surface area contributed by atoms with E-state index in [1.807, 2.05) is 0 Å². The number of carbonyl (C=O) groups is 1. The van der Waals surface area contributed by atoms with Crippen LogP contribution in [-0.2, 0) is 21.3 Å². The molecule has 3 nitrogen and oxygen atoms in total. The molecule has 122 valence electrons. The Morgan fingerprint density at radius 3 is 1.61 bits per heavy atom. The van der Waals surface area contributed by atoms with Gasteiger partial charge in [0.15, 0.2) is 5.60 Å². The van der Waals surface area contributed by atoms with Crippen LogP contribution in [0.4, 0.5) is 13.2 Å². The Morgan fingerprint density at radius 2 is 1.30 bits per heavy atom. The summed E-state index contributed by atoms with van der Waals surface area (Å²) in [4.78, 5) is 11.5. The Bertz CT molecular complexity index is 693. The number of benzene rings is 2. The number of carbonyl (C=O) groups excluding carboxylic acids is 1. The number of ether oxygens (including phenoxy) is 1. The maximum absolute atomic E-state index is 12.6. The van der Waals surface area contributed by atoms with Crippen LogP contribution in [0.15, 0.2) is 48.5 Å². The zero-order chi connectivity index (χ0) is 17.3. The third-order valence-electron chi connectivity index (χ3n) is 3.86. The van der Waals surface area contributed by atoms with E-state index < -0.39 is 23.2 Å². The Kier molecular flexibility index (Phi) is 4.47. The first kappa shape index (κ1) is 17.0. The number of hydrogen-bond acceptors (Lipinski definition) is 2. The monoisotopic (exact) mass is 323 g/mol. The normalized spacial score (nSPS) is 14.3. The van der Waals surface area contributed by atoms with Crippen molar-refractivity contribution in [2.24, 2.45) is 5.73 Å². The van der Waals surface area contributed by atoms with Crippen molar-refractivity contribution >= 4 is 5.91 Å². The Balaban J connectivity index is 2.31. The van der Waals surface area contributed by atoms with Crippen molar-refractivity contribution in [3.8, 4) is 11.1 Å². The summed E-state index contributed by atoms with van der Waals surface area (Å²) >= 11 is 0. The summed E-state index contributed by atoms with van der Waals surface area (Å²) < 4.78 is 42.9. The van der Waals surface area contributed by atoms with Crippen molar-refractivity contribution < 1.29 is 22.7 Å². The summed E-state index contributed by atoms with van der Waals surface area (Å²) in [6.45, 7) is 1.56. The van der Waals surface area contributed by atoms with Crippen molar-refractivity contribution in [2.45, 2.75) is 18.7 Å². The summed E-state index contributed by atoms with van der Waals surface area (Å²) in [7, 11) is 1.38. The largest absolute Gasteiger partial charge is 0.416 e. The standard InChI is InChI=1S/C17H16F3NO2/c1-16(23-2,15(21)22)13-7-3-11(4-8-13)12-5-9-14(10-6-12)17(18,19)20/h3-10H,1-2H3,(H2,21,22). The minimum absolute atomic E-state index is 0.572. The number of alkyl halides is 3. The molecule has 0 bridgehead atoms. The van der Waals surface area contributed by atoms with E-state index in [0.29, 0.717) is 11.1 Å². The Morgan fingerprint density at radius 1 is 0.913 bits per heavy atom. The molecule has 0 aromatic heterocycles. The van der Waals surface area contributed by atoms with Gasteiger partial charge in [0.1, 0.15) is 0 Å². The van der Waals surface area contributed by atoms with E-state index in [2.05, 4.69) is 0 Å². The number of primary amides is 1. The smallest absolute Gasteiger partial charge is 0.367 e. The lowest BCUT2D eigenvalue weighted by Gasteiger charge is -2.25. The zero-order valence-corrected chi connectivity index (χ0v) is 12.6. The van der Waals surface area contributed by atoms with Crippen LogP contribution >= 0.6 is 0 Å². The van der Waals surface area contributed by atoms with E-state index >= 15 is 0 Å². The molecule has 0 radical (unpaired) electrons. The van der Waals surface area contributed by atoms with E-state index in [-0.39, 0.29) is 0 Å². The number of hydrogen-bond donors (Lipinski definition) is 1. The number of rotatable bonds is 4. The minimum atomic E-state index is -4.36. The lowest BCUT2D eigenvalue weighted by atomic mass is 9.93. The number of halogens is 3. The van der Waals surface area contributed by atoms with Gasteiger partial charge in [-0.25, -0.2) is 0 Å². The topological polar surface area (TPSA) is 52.3 Å². The third kappa shape index (κ3) is 3.37. The van der Waals surface area contributed by atoms with Crippen LogP contribution in [0.2, 0.25) is 0 Å². The highest BCUT2D eigenvalue weighted by atomic mass is 19.4. The predicted molar refractivity (Wildman–Crippen MR) is 80.4 cm³/mol. The molecule has 1 atom stereocenters. The lowest BCUT2D eigenvalue weighted by molar-refractivity contribution is -0.139. The highest BCUT2D eigenvalue weighted by Crippen LogP contribution is 2.32. The molecule has 0 aliphatic rings. The maximum atomic E-state index is 12.6. The summed E-state index contributed by atoms with van der Waals surface area (Å²) in [6, 6.07) is 11.6. The molecule has 1 amide bonds. The average Bonchev–Trinajstić information content (AvgIpc) is 2.53. The van der Waals surface area contributed by atoms with Crippen LogP contribution in [0.25, 0.3) is 11.1 Å². The van der Waals surface area contributed by atoms with Crippen LogP contribution in [0, 0.1) is 0 Å². The average molecular weight is 323 g/mol. The Hall–Kier alpha value is -2.34. The second kappa shape index (κ2) is 6.04. The molecule has 2 rings (SSSR count). The molecule has 2 aromatic carbocycles. The van der Waals surface area contributed by atoms with Gasteiger partial charge in [-0.05, 0) is 35.7 Å². The molecule has 0 aliphatic heterocycles. The molecule has 6 heteroatoms. The van der Waals surface area contributed by atoms with Gasteiger partial charge in [-0.2, -0.15) is 13.2 Å². The van der Waals surface area contributed by atoms with E-state index in [4.69, 9.17) is 10.5 Å². The Labute approximate surface area is 131 Å². The molecule has 0 fully saturated rings. The molecule has 0 saturated carbocycles. The first-order valence-electron chi connectivity index (χ1n) is 6.81. The molecule has 1 unspecified atom stereocenters. The maximum Gasteiger partial charge on any atom is 0.416 e. The molecular formula is C17H16F3NO2. The SMILES string of the molecule is COC(C)(C(N)=O)c1ccc(-c2ccc(C(F)(F)F)cc2)cc1. The second-order valence-electron chi connectivity index (χ2n) is 5.25. The molecule has 2 aromatic rings. The van der Waals surface area contributed by atoms with Gasteiger partial charge in [-0.15, -0.1) is 0 Å². The van der Waals surface area contributed by atoms with E-state index in [1.165, 1.54) is 19.2 Å². The summed E-state index contributed by atoms with van der Waals surface area (Å²) in [6.07, 6.45) is -4.36. The van der Waals surface area contributed by atoms with Gasteiger partial charge in [-0.1, -0.05) is 36.4 Å².